The summed E-state index contributed by atoms with van der Waals surface area (Å²) in [5.74, 6) is 0.823. The molecule has 3 nitrogen and oxygen atoms in total. The quantitative estimate of drug-likeness (QED) is 0.853. The number of nitrogens with two attached hydrogens (primary N) is 1. The molecule has 1 fully saturated rings. The van der Waals surface area contributed by atoms with Crippen LogP contribution in [0.5, 0.6) is 0 Å². The Balaban J connectivity index is 1.88. The third-order valence-corrected chi connectivity index (χ3v) is 3.94. The van der Waals surface area contributed by atoms with Crippen LogP contribution in [0, 0.1) is 5.92 Å². The summed E-state index contributed by atoms with van der Waals surface area (Å²) in [6.07, 6.45) is 3.42. The van der Waals surface area contributed by atoms with Gasteiger partial charge in [-0.3, -0.25) is 4.79 Å². The van der Waals surface area contributed by atoms with E-state index in [2.05, 4.69) is 6.07 Å². The number of amides is 1. The van der Waals surface area contributed by atoms with E-state index in [1.54, 1.807) is 0 Å². The number of nitrogens with zero attached hydrogens (tertiary/aromatic N) is 1. The molecule has 1 heterocycles. The molecule has 1 aromatic carbocycles. The minimum absolute atomic E-state index is 0.175. The smallest absolute Gasteiger partial charge is 0.254 e. The van der Waals surface area contributed by atoms with Gasteiger partial charge in [-0.25, -0.2) is 0 Å². The van der Waals surface area contributed by atoms with Crippen LogP contribution < -0.4 is 5.73 Å². The second-order valence-corrected chi connectivity index (χ2v) is 5.05. The Kier molecular flexibility index (Phi) is 2.63. The summed E-state index contributed by atoms with van der Waals surface area (Å²) in [6, 6.07) is 8.19. The summed E-state index contributed by atoms with van der Waals surface area (Å²) in [5, 5.41) is 0. The molecule has 90 valence electrons. The molecule has 3 rings (SSSR count). The molecule has 1 aromatic rings. The average Bonchev–Trinajstić information content (AvgIpc) is 3.18. The van der Waals surface area contributed by atoms with Crippen molar-refractivity contribution in [3.05, 3.63) is 35.4 Å². The fourth-order valence-electron chi connectivity index (χ4n) is 2.82. The first kappa shape index (κ1) is 10.8. The van der Waals surface area contributed by atoms with E-state index in [-0.39, 0.29) is 11.9 Å². The molecule has 2 N–H and O–H groups in total. The van der Waals surface area contributed by atoms with E-state index in [0.29, 0.717) is 12.5 Å². The van der Waals surface area contributed by atoms with Gasteiger partial charge in [0.1, 0.15) is 0 Å². The Morgan fingerprint density at radius 1 is 1.35 bits per heavy atom. The van der Waals surface area contributed by atoms with Crippen molar-refractivity contribution in [1.82, 2.24) is 4.90 Å². The molecule has 1 amide bonds. The standard InChI is InChI=1S/C14H18N2O/c15-9-13(11-5-6-11)16-8-7-10-3-1-2-4-12(10)14(16)17/h1-4,11,13H,5-9,15H2. The Morgan fingerprint density at radius 2 is 2.12 bits per heavy atom. The van der Waals surface area contributed by atoms with Gasteiger partial charge in [0, 0.05) is 24.7 Å². The highest BCUT2D eigenvalue weighted by atomic mass is 16.2. The minimum atomic E-state index is 0.175. The van der Waals surface area contributed by atoms with Crippen molar-refractivity contribution in [3.63, 3.8) is 0 Å². The van der Waals surface area contributed by atoms with Gasteiger partial charge in [-0.2, -0.15) is 0 Å². The first-order valence-corrected chi connectivity index (χ1v) is 6.40. The van der Waals surface area contributed by atoms with Crippen LogP contribution in [0.25, 0.3) is 0 Å². The monoisotopic (exact) mass is 230 g/mol. The van der Waals surface area contributed by atoms with Crippen LogP contribution in [0.4, 0.5) is 0 Å². The second kappa shape index (κ2) is 4.15. The van der Waals surface area contributed by atoms with Gasteiger partial charge in [0.05, 0.1) is 0 Å². The Labute approximate surface area is 102 Å². The summed E-state index contributed by atoms with van der Waals surface area (Å²) >= 11 is 0. The molecular weight excluding hydrogens is 212 g/mol. The van der Waals surface area contributed by atoms with Gasteiger partial charge in [0.15, 0.2) is 0 Å². The molecule has 2 aliphatic rings. The fourth-order valence-corrected chi connectivity index (χ4v) is 2.82. The van der Waals surface area contributed by atoms with Crippen molar-refractivity contribution in [2.75, 3.05) is 13.1 Å². The molecule has 0 aromatic heterocycles. The van der Waals surface area contributed by atoms with E-state index in [4.69, 9.17) is 5.73 Å². The summed E-state index contributed by atoms with van der Waals surface area (Å²) in [7, 11) is 0. The zero-order valence-electron chi connectivity index (χ0n) is 9.93. The van der Waals surface area contributed by atoms with Gasteiger partial charge >= 0.3 is 0 Å². The minimum Gasteiger partial charge on any atom is -0.334 e. The molecule has 0 spiro atoms. The topological polar surface area (TPSA) is 46.3 Å². The van der Waals surface area contributed by atoms with Gasteiger partial charge in [0.2, 0.25) is 0 Å². The molecule has 1 unspecified atom stereocenters. The molecule has 17 heavy (non-hydrogen) atoms. The Bertz CT molecular complexity index is 440. The van der Waals surface area contributed by atoms with E-state index in [1.807, 2.05) is 23.1 Å². The molecule has 0 radical (unpaired) electrons. The lowest BCUT2D eigenvalue weighted by Crippen LogP contribution is -2.49. The Morgan fingerprint density at radius 3 is 2.82 bits per heavy atom. The fraction of sp³-hybridized carbons (Fsp3) is 0.500. The number of rotatable bonds is 3. The molecule has 1 saturated carbocycles. The van der Waals surface area contributed by atoms with Crippen molar-refractivity contribution in [3.8, 4) is 0 Å². The third-order valence-electron chi connectivity index (χ3n) is 3.94. The van der Waals surface area contributed by atoms with Crippen molar-refractivity contribution < 1.29 is 4.79 Å². The van der Waals surface area contributed by atoms with Crippen molar-refractivity contribution >= 4 is 5.91 Å². The zero-order chi connectivity index (χ0) is 11.8. The van der Waals surface area contributed by atoms with Gasteiger partial charge in [-0.05, 0) is 36.8 Å². The van der Waals surface area contributed by atoms with Crippen LogP contribution in [-0.4, -0.2) is 29.9 Å². The summed E-state index contributed by atoms with van der Waals surface area (Å²) in [4.78, 5) is 14.4. The normalized spacial score (nSPS) is 21.2. The molecule has 1 atom stereocenters. The van der Waals surface area contributed by atoms with E-state index in [1.165, 1.54) is 18.4 Å². The van der Waals surface area contributed by atoms with Crippen LogP contribution in [0.1, 0.15) is 28.8 Å². The Hall–Kier alpha value is -1.35. The van der Waals surface area contributed by atoms with Gasteiger partial charge in [-0.1, -0.05) is 18.2 Å². The number of carbonyl (C=O) groups is 1. The van der Waals surface area contributed by atoms with E-state index in [9.17, 15) is 4.79 Å². The lowest BCUT2D eigenvalue weighted by molar-refractivity contribution is 0.0643. The number of fused-ring (bicyclic) bond motifs is 1. The van der Waals surface area contributed by atoms with Crippen molar-refractivity contribution in [2.45, 2.75) is 25.3 Å². The lowest BCUT2D eigenvalue weighted by Gasteiger charge is -2.35. The average molecular weight is 230 g/mol. The molecular formula is C14H18N2O. The maximum absolute atomic E-state index is 12.4. The largest absolute Gasteiger partial charge is 0.334 e. The van der Waals surface area contributed by atoms with Crippen LogP contribution in [0.15, 0.2) is 24.3 Å². The number of hydrogen-bond acceptors (Lipinski definition) is 2. The van der Waals surface area contributed by atoms with E-state index >= 15 is 0 Å². The molecule has 3 heteroatoms. The van der Waals surface area contributed by atoms with Crippen LogP contribution in [-0.2, 0) is 6.42 Å². The van der Waals surface area contributed by atoms with Gasteiger partial charge < -0.3 is 10.6 Å². The maximum Gasteiger partial charge on any atom is 0.254 e. The highest BCUT2D eigenvalue weighted by Gasteiger charge is 2.38. The predicted molar refractivity (Wildman–Crippen MR) is 66.7 cm³/mol. The summed E-state index contributed by atoms with van der Waals surface area (Å²) in [6.45, 7) is 1.42. The van der Waals surface area contributed by atoms with Gasteiger partial charge in [-0.15, -0.1) is 0 Å². The second-order valence-electron chi connectivity index (χ2n) is 5.05. The maximum atomic E-state index is 12.4. The highest BCUT2D eigenvalue weighted by molar-refractivity contribution is 5.97. The molecule has 0 saturated heterocycles. The van der Waals surface area contributed by atoms with Crippen molar-refractivity contribution in [1.29, 1.82) is 0 Å². The SMILES string of the molecule is NCC(C1CC1)N1CCc2ccccc2C1=O. The highest BCUT2D eigenvalue weighted by Crippen LogP contribution is 2.36. The summed E-state index contributed by atoms with van der Waals surface area (Å²) < 4.78 is 0. The first-order chi connectivity index (χ1) is 8.31. The van der Waals surface area contributed by atoms with E-state index < -0.39 is 0 Å². The van der Waals surface area contributed by atoms with Crippen LogP contribution in [0.2, 0.25) is 0 Å². The number of carbonyl (C=O) groups excluding carboxylic acids is 1. The lowest BCUT2D eigenvalue weighted by atomic mass is 9.97. The van der Waals surface area contributed by atoms with E-state index in [0.717, 1.165) is 18.5 Å². The number of hydrogen-bond donors (Lipinski definition) is 1. The van der Waals surface area contributed by atoms with Crippen LogP contribution >= 0.6 is 0 Å². The van der Waals surface area contributed by atoms with Crippen molar-refractivity contribution in [2.24, 2.45) is 11.7 Å². The molecule has 1 aliphatic heterocycles. The molecule has 1 aliphatic carbocycles. The zero-order valence-corrected chi connectivity index (χ0v) is 9.93. The first-order valence-electron chi connectivity index (χ1n) is 6.40. The van der Waals surface area contributed by atoms with Crippen LogP contribution in [0.3, 0.4) is 0 Å². The van der Waals surface area contributed by atoms with Gasteiger partial charge in [0.25, 0.3) is 5.91 Å². The summed E-state index contributed by atoms with van der Waals surface area (Å²) in [5.41, 5.74) is 7.89. The predicted octanol–water partition coefficient (Wildman–Crippen LogP) is 1.42. The third kappa shape index (κ3) is 1.84. The number of benzene rings is 1. The molecule has 0 bridgehead atoms.